The van der Waals surface area contributed by atoms with E-state index in [9.17, 15) is 9.59 Å². The van der Waals surface area contributed by atoms with Crippen molar-refractivity contribution in [1.82, 2.24) is 15.2 Å². The lowest BCUT2D eigenvalue weighted by Gasteiger charge is -2.31. The van der Waals surface area contributed by atoms with Gasteiger partial charge in [0.05, 0.1) is 5.56 Å². The molecule has 1 aromatic rings. The van der Waals surface area contributed by atoms with Crippen LogP contribution < -0.4 is 10.9 Å². The Bertz CT molecular complexity index is 429. The Kier molecular flexibility index (Phi) is 3.58. The zero-order valence-electron chi connectivity index (χ0n) is 9.90. The number of aromatic amines is 1. The highest BCUT2D eigenvalue weighted by Crippen LogP contribution is 2.11. The van der Waals surface area contributed by atoms with Crippen LogP contribution in [0.25, 0.3) is 0 Å². The molecule has 0 aromatic carbocycles. The zero-order valence-corrected chi connectivity index (χ0v) is 9.90. The molecule has 0 radical (unpaired) electrons. The summed E-state index contributed by atoms with van der Waals surface area (Å²) in [7, 11) is 1.81. The van der Waals surface area contributed by atoms with Gasteiger partial charge in [0.1, 0.15) is 0 Å². The summed E-state index contributed by atoms with van der Waals surface area (Å²) < 4.78 is 0. The van der Waals surface area contributed by atoms with Crippen molar-refractivity contribution in [3.8, 4) is 0 Å². The molecule has 2 rings (SSSR count). The molecule has 17 heavy (non-hydrogen) atoms. The highest BCUT2D eigenvalue weighted by atomic mass is 16.2. The molecule has 1 aliphatic rings. The van der Waals surface area contributed by atoms with E-state index in [1.54, 1.807) is 11.0 Å². The molecule has 5 heteroatoms. The number of pyridine rings is 1. The second kappa shape index (κ2) is 5.14. The van der Waals surface area contributed by atoms with Crippen LogP contribution in [0.5, 0.6) is 0 Å². The number of amides is 1. The van der Waals surface area contributed by atoms with Crippen LogP contribution in [-0.2, 0) is 0 Å². The number of aromatic nitrogens is 1. The number of rotatable bonds is 2. The standard InChI is InChI=1S/C12H17N3O2/c1-15(10-3-2-6-13-8-10)12(17)9-4-5-11(16)14-7-9/h4-5,7,10,13H,2-3,6,8H2,1H3,(H,14,16). The van der Waals surface area contributed by atoms with Gasteiger partial charge in [-0.1, -0.05) is 0 Å². The highest BCUT2D eigenvalue weighted by Gasteiger charge is 2.22. The van der Waals surface area contributed by atoms with Crippen LogP contribution in [0.1, 0.15) is 23.2 Å². The summed E-state index contributed by atoms with van der Waals surface area (Å²) >= 11 is 0. The predicted octanol–water partition coefficient (Wildman–Crippen LogP) is 0.199. The Morgan fingerprint density at radius 1 is 1.47 bits per heavy atom. The van der Waals surface area contributed by atoms with Crippen molar-refractivity contribution in [3.63, 3.8) is 0 Å². The molecule has 92 valence electrons. The minimum atomic E-state index is -0.191. The van der Waals surface area contributed by atoms with Crippen molar-refractivity contribution in [1.29, 1.82) is 0 Å². The third kappa shape index (κ3) is 2.74. The van der Waals surface area contributed by atoms with E-state index in [2.05, 4.69) is 10.3 Å². The van der Waals surface area contributed by atoms with Crippen molar-refractivity contribution in [2.75, 3.05) is 20.1 Å². The lowest BCUT2D eigenvalue weighted by Crippen LogP contribution is -2.46. The van der Waals surface area contributed by atoms with Gasteiger partial charge in [0.15, 0.2) is 0 Å². The first-order chi connectivity index (χ1) is 8.18. The van der Waals surface area contributed by atoms with Gasteiger partial charge >= 0.3 is 0 Å². The molecule has 1 unspecified atom stereocenters. The smallest absolute Gasteiger partial charge is 0.255 e. The van der Waals surface area contributed by atoms with Gasteiger partial charge in [-0.2, -0.15) is 0 Å². The monoisotopic (exact) mass is 235 g/mol. The fourth-order valence-electron chi connectivity index (χ4n) is 2.08. The van der Waals surface area contributed by atoms with Crippen LogP contribution in [0.4, 0.5) is 0 Å². The van der Waals surface area contributed by atoms with Crippen molar-refractivity contribution in [2.45, 2.75) is 18.9 Å². The molecule has 1 fully saturated rings. The van der Waals surface area contributed by atoms with Crippen LogP contribution in [0.3, 0.4) is 0 Å². The Hall–Kier alpha value is -1.62. The third-order valence-corrected chi connectivity index (χ3v) is 3.17. The van der Waals surface area contributed by atoms with Crippen LogP contribution in [0.15, 0.2) is 23.1 Å². The molecule has 0 aliphatic carbocycles. The van der Waals surface area contributed by atoms with Gasteiger partial charge in [0, 0.05) is 31.9 Å². The van der Waals surface area contributed by atoms with E-state index in [1.165, 1.54) is 12.3 Å². The van der Waals surface area contributed by atoms with Gasteiger partial charge in [-0.15, -0.1) is 0 Å². The van der Waals surface area contributed by atoms with E-state index in [0.29, 0.717) is 5.56 Å². The van der Waals surface area contributed by atoms with E-state index in [-0.39, 0.29) is 17.5 Å². The summed E-state index contributed by atoms with van der Waals surface area (Å²) in [6.45, 7) is 1.86. The average molecular weight is 235 g/mol. The van der Waals surface area contributed by atoms with E-state index in [4.69, 9.17) is 0 Å². The van der Waals surface area contributed by atoms with Crippen molar-refractivity contribution >= 4 is 5.91 Å². The first-order valence-corrected chi connectivity index (χ1v) is 5.85. The van der Waals surface area contributed by atoms with Crippen molar-refractivity contribution < 1.29 is 4.79 Å². The second-order valence-electron chi connectivity index (χ2n) is 4.36. The van der Waals surface area contributed by atoms with Crippen LogP contribution in [0, 0.1) is 0 Å². The molecule has 0 spiro atoms. The normalized spacial score (nSPS) is 19.9. The van der Waals surface area contributed by atoms with Crippen molar-refractivity contribution in [3.05, 3.63) is 34.2 Å². The van der Waals surface area contributed by atoms with Crippen LogP contribution in [0.2, 0.25) is 0 Å². The Morgan fingerprint density at radius 2 is 2.29 bits per heavy atom. The SMILES string of the molecule is CN(C(=O)c1ccc(=O)[nH]c1)C1CCCNC1. The molecular weight excluding hydrogens is 218 g/mol. The van der Waals surface area contributed by atoms with Gasteiger partial charge in [0.2, 0.25) is 5.56 Å². The maximum atomic E-state index is 12.1. The van der Waals surface area contributed by atoms with E-state index < -0.39 is 0 Å². The summed E-state index contributed by atoms with van der Waals surface area (Å²) in [5.41, 5.74) is 0.334. The second-order valence-corrected chi connectivity index (χ2v) is 4.36. The number of carbonyl (C=O) groups excluding carboxylic acids is 1. The maximum absolute atomic E-state index is 12.1. The van der Waals surface area contributed by atoms with Crippen LogP contribution >= 0.6 is 0 Å². The predicted molar refractivity (Wildman–Crippen MR) is 65.0 cm³/mol. The lowest BCUT2D eigenvalue weighted by molar-refractivity contribution is 0.0708. The van der Waals surface area contributed by atoms with Gasteiger partial charge in [-0.3, -0.25) is 9.59 Å². The van der Waals surface area contributed by atoms with Crippen molar-refractivity contribution in [2.24, 2.45) is 0 Å². The minimum absolute atomic E-state index is 0.0463. The lowest BCUT2D eigenvalue weighted by atomic mass is 10.1. The molecular formula is C12H17N3O2. The van der Waals surface area contributed by atoms with Gasteiger partial charge in [-0.25, -0.2) is 0 Å². The number of nitrogens with one attached hydrogen (secondary N) is 2. The Labute approximate surface area is 99.8 Å². The molecule has 0 saturated carbocycles. The molecule has 1 amide bonds. The molecule has 1 atom stereocenters. The van der Waals surface area contributed by atoms with Crippen LogP contribution in [-0.4, -0.2) is 42.0 Å². The van der Waals surface area contributed by atoms with E-state index in [0.717, 1.165) is 25.9 Å². The topological polar surface area (TPSA) is 65.2 Å². The number of likely N-dealkylation sites (N-methyl/N-ethyl adjacent to an activating group) is 1. The fraction of sp³-hybridized carbons (Fsp3) is 0.500. The summed E-state index contributed by atoms with van der Waals surface area (Å²) in [6, 6.07) is 3.18. The zero-order chi connectivity index (χ0) is 12.3. The quantitative estimate of drug-likeness (QED) is 0.769. The van der Waals surface area contributed by atoms with E-state index in [1.807, 2.05) is 7.05 Å². The Balaban J connectivity index is 2.08. The summed E-state index contributed by atoms with van der Waals surface area (Å²) in [5.74, 6) is -0.0463. The molecule has 1 aromatic heterocycles. The number of piperidine rings is 1. The Morgan fingerprint density at radius 3 is 2.88 bits per heavy atom. The minimum Gasteiger partial charge on any atom is -0.337 e. The summed E-state index contributed by atoms with van der Waals surface area (Å²) in [5, 5.41) is 3.28. The average Bonchev–Trinajstić information content (AvgIpc) is 2.39. The fourth-order valence-corrected chi connectivity index (χ4v) is 2.08. The number of H-pyrrole nitrogens is 1. The summed E-state index contributed by atoms with van der Waals surface area (Å²) in [6.07, 6.45) is 3.59. The molecule has 2 heterocycles. The molecule has 0 bridgehead atoms. The first-order valence-electron chi connectivity index (χ1n) is 5.85. The van der Waals surface area contributed by atoms with E-state index >= 15 is 0 Å². The molecule has 1 aliphatic heterocycles. The molecule has 2 N–H and O–H groups in total. The molecule has 5 nitrogen and oxygen atoms in total. The highest BCUT2D eigenvalue weighted by molar-refractivity contribution is 5.93. The maximum Gasteiger partial charge on any atom is 0.255 e. The van der Waals surface area contributed by atoms with Gasteiger partial charge in [-0.05, 0) is 25.5 Å². The number of hydrogen-bond acceptors (Lipinski definition) is 3. The number of hydrogen-bond donors (Lipinski definition) is 2. The number of carbonyl (C=O) groups is 1. The largest absolute Gasteiger partial charge is 0.337 e. The first kappa shape index (κ1) is 11.9. The van der Waals surface area contributed by atoms with Gasteiger partial charge in [0.25, 0.3) is 5.91 Å². The molecule has 1 saturated heterocycles. The third-order valence-electron chi connectivity index (χ3n) is 3.17. The van der Waals surface area contributed by atoms with Gasteiger partial charge < -0.3 is 15.2 Å². The summed E-state index contributed by atoms with van der Waals surface area (Å²) in [4.78, 5) is 27.3. The number of nitrogens with zero attached hydrogens (tertiary/aromatic N) is 1.